The maximum atomic E-state index is 5.87. The lowest BCUT2D eigenvalue weighted by Gasteiger charge is -2.05. The van der Waals surface area contributed by atoms with E-state index >= 15 is 0 Å². The first-order valence-corrected chi connectivity index (χ1v) is 8.51. The molecule has 0 unspecified atom stereocenters. The zero-order chi connectivity index (χ0) is 16.8. The lowest BCUT2D eigenvalue weighted by Crippen LogP contribution is -2.00. The van der Waals surface area contributed by atoms with E-state index in [1.54, 1.807) is 12.5 Å². The highest BCUT2D eigenvalue weighted by Gasteiger charge is 2.27. The Morgan fingerprint density at radius 3 is 2.35 bits per heavy atom. The Labute approximate surface area is 146 Å². The normalized spacial score (nSPS) is 13.2. The zero-order valence-electron chi connectivity index (χ0n) is 13.5. The molecule has 0 aliphatic carbocycles. The molecule has 5 aromatic rings. The molecule has 0 amide bonds. The van der Waals surface area contributed by atoms with Gasteiger partial charge in [-0.2, -0.15) is 0 Å². The van der Waals surface area contributed by atoms with Crippen LogP contribution in [0.5, 0.6) is 0 Å². The maximum Gasteiger partial charge on any atom is 0.147 e. The second-order valence-corrected chi connectivity index (χ2v) is 6.65. The van der Waals surface area contributed by atoms with Crippen LogP contribution in [0.1, 0.15) is 0 Å². The van der Waals surface area contributed by atoms with Gasteiger partial charge in [-0.25, -0.2) is 9.98 Å². The summed E-state index contributed by atoms with van der Waals surface area (Å²) in [7, 11) is 0. The topological polar surface area (TPSA) is 51.0 Å². The van der Waals surface area contributed by atoms with Crippen molar-refractivity contribution >= 4 is 33.3 Å². The van der Waals surface area contributed by atoms with Gasteiger partial charge >= 0.3 is 0 Å². The van der Waals surface area contributed by atoms with Gasteiger partial charge in [0.25, 0.3) is 0 Å². The number of hydrogen-bond donors (Lipinski definition) is 0. The molecule has 0 N–H and O–H groups in total. The van der Waals surface area contributed by atoms with Crippen molar-refractivity contribution in [2.75, 3.05) is 0 Å². The van der Waals surface area contributed by atoms with E-state index in [4.69, 9.17) is 18.8 Å². The van der Waals surface area contributed by atoms with Gasteiger partial charge in [0.05, 0.1) is 45.6 Å². The van der Waals surface area contributed by atoms with E-state index in [0.29, 0.717) is 0 Å². The standard InChI is InChI=1S/C22H10N2O2/c1-2-4-15-11(3-1)12-5-6-16-17(19(12)23-15)18-20(24-16)13-7-9-25-21(13)14-8-10-26-22(14)18/h1-10H. The molecule has 4 heteroatoms. The molecule has 120 valence electrons. The van der Waals surface area contributed by atoms with Crippen LogP contribution in [0.4, 0.5) is 11.4 Å². The number of nitrogens with zero attached hydrogens (tertiary/aromatic N) is 2. The molecular formula is C22H10N2O2. The third kappa shape index (κ3) is 1.31. The number of furan rings is 2. The van der Waals surface area contributed by atoms with Gasteiger partial charge in [0.1, 0.15) is 11.2 Å². The first-order chi connectivity index (χ1) is 12.9. The minimum Gasteiger partial charge on any atom is -0.463 e. The Hall–Kier alpha value is -3.66. The molecule has 7 rings (SSSR count). The van der Waals surface area contributed by atoms with Gasteiger partial charge in [0, 0.05) is 21.4 Å². The Morgan fingerprint density at radius 2 is 1.38 bits per heavy atom. The first-order valence-electron chi connectivity index (χ1n) is 8.51. The summed E-state index contributed by atoms with van der Waals surface area (Å²) < 4.78 is 11.6. The Kier molecular flexibility index (Phi) is 2.00. The van der Waals surface area contributed by atoms with Gasteiger partial charge < -0.3 is 8.83 Å². The second-order valence-electron chi connectivity index (χ2n) is 6.65. The van der Waals surface area contributed by atoms with E-state index < -0.39 is 0 Å². The van der Waals surface area contributed by atoms with Crippen LogP contribution in [0.25, 0.3) is 33.1 Å². The summed E-state index contributed by atoms with van der Waals surface area (Å²) in [6.45, 7) is 0. The average Bonchev–Trinajstić information content (AvgIpc) is 3.41. The van der Waals surface area contributed by atoms with Crippen LogP contribution in [-0.2, 0) is 0 Å². The molecule has 0 saturated carbocycles. The molecule has 4 heterocycles. The molecule has 0 bridgehead atoms. The van der Waals surface area contributed by atoms with Crippen molar-refractivity contribution in [1.82, 2.24) is 0 Å². The largest absolute Gasteiger partial charge is 0.463 e. The summed E-state index contributed by atoms with van der Waals surface area (Å²) in [5.74, 6) is 0. The van der Waals surface area contributed by atoms with Gasteiger partial charge in [0.15, 0.2) is 0 Å². The third-order valence-electron chi connectivity index (χ3n) is 5.36. The molecule has 0 saturated heterocycles. The second kappa shape index (κ2) is 4.11. The lowest BCUT2D eigenvalue weighted by molar-refractivity contribution is 0.612. The number of para-hydroxylation sites is 1. The van der Waals surface area contributed by atoms with Crippen LogP contribution in [-0.4, -0.2) is 0 Å². The Morgan fingerprint density at radius 1 is 0.577 bits per heavy atom. The van der Waals surface area contributed by atoms with Crippen molar-refractivity contribution in [3.05, 3.63) is 82.2 Å². The summed E-state index contributed by atoms with van der Waals surface area (Å²) >= 11 is 0. The zero-order valence-corrected chi connectivity index (χ0v) is 13.5. The predicted octanol–water partition coefficient (Wildman–Crippen LogP) is 4.66. The van der Waals surface area contributed by atoms with Gasteiger partial charge in [-0.3, -0.25) is 0 Å². The maximum absolute atomic E-state index is 5.87. The fourth-order valence-electron chi connectivity index (χ4n) is 4.27. The molecule has 0 spiro atoms. The summed E-state index contributed by atoms with van der Waals surface area (Å²) in [5.41, 5.74) is 5.59. The van der Waals surface area contributed by atoms with Crippen molar-refractivity contribution in [3.63, 3.8) is 0 Å². The first kappa shape index (κ1) is 12.7. The smallest absolute Gasteiger partial charge is 0.147 e. The molecule has 2 aliphatic heterocycles. The number of fused-ring (bicyclic) bond motifs is 11. The minimum atomic E-state index is 0.810. The monoisotopic (exact) mass is 334 g/mol. The molecule has 4 nitrogen and oxygen atoms in total. The van der Waals surface area contributed by atoms with Crippen LogP contribution >= 0.6 is 0 Å². The van der Waals surface area contributed by atoms with Crippen LogP contribution in [0, 0.1) is 10.4 Å². The molecule has 2 aliphatic rings. The summed E-state index contributed by atoms with van der Waals surface area (Å²) in [5, 5.41) is 6.23. The number of benzene rings is 3. The molecule has 3 aromatic carbocycles. The molecule has 0 fully saturated rings. The SMILES string of the molecule is c1ccc2c(c1)=Nc1c3c(ccc1=2)=Nc1c-3c2occc2c2occc12. The van der Waals surface area contributed by atoms with Crippen LogP contribution in [0.3, 0.4) is 0 Å². The van der Waals surface area contributed by atoms with Gasteiger partial charge in [-0.15, -0.1) is 0 Å². The van der Waals surface area contributed by atoms with Crippen LogP contribution in [0.15, 0.2) is 79.9 Å². The third-order valence-corrected chi connectivity index (χ3v) is 5.36. The summed E-state index contributed by atoms with van der Waals surface area (Å²) in [6, 6.07) is 16.4. The fraction of sp³-hybridized carbons (Fsp3) is 0. The molecular weight excluding hydrogens is 324 g/mol. The number of hydrogen-bond acceptors (Lipinski definition) is 4. The van der Waals surface area contributed by atoms with Crippen molar-refractivity contribution in [2.24, 2.45) is 9.98 Å². The molecule has 0 atom stereocenters. The van der Waals surface area contributed by atoms with E-state index in [1.807, 2.05) is 18.2 Å². The van der Waals surface area contributed by atoms with Crippen molar-refractivity contribution in [2.45, 2.75) is 0 Å². The van der Waals surface area contributed by atoms with Crippen LogP contribution < -0.4 is 10.7 Å². The van der Waals surface area contributed by atoms with Crippen LogP contribution in [0.2, 0.25) is 0 Å². The van der Waals surface area contributed by atoms with Gasteiger partial charge in [-0.1, -0.05) is 18.2 Å². The van der Waals surface area contributed by atoms with Crippen molar-refractivity contribution < 1.29 is 8.83 Å². The quantitative estimate of drug-likeness (QED) is 0.405. The van der Waals surface area contributed by atoms with Crippen molar-refractivity contribution in [1.29, 1.82) is 0 Å². The van der Waals surface area contributed by atoms with E-state index in [0.717, 1.165) is 60.4 Å². The predicted molar refractivity (Wildman–Crippen MR) is 97.2 cm³/mol. The van der Waals surface area contributed by atoms with E-state index in [-0.39, 0.29) is 0 Å². The van der Waals surface area contributed by atoms with E-state index in [1.165, 1.54) is 5.22 Å². The number of rotatable bonds is 0. The van der Waals surface area contributed by atoms with Gasteiger partial charge in [-0.05, 0) is 30.3 Å². The Balaban J connectivity index is 1.77. The molecule has 2 aromatic heterocycles. The van der Waals surface area contributed by atoms with Gasteiger partial charge in [0.2, 0.25) is 0 Å². The van der Waals surface area contributed by atoms with Crippen molar-refractivity contribution in [3.8, 4) is 11.1 Å². The average molecular weight is 334 g/mol. The Bertz CT molecular complexity index is 1640. The minimum absolute atomic E-state index is 0.810. The fourth-order valence-corrected chi connectivity index (χ4v) is 4.27. The molecule has 0 radical (unpaired) electrons. The summed E-state index contributed by atoms with van der Waals surface area (Å²) in [4.78, 5) is 9.83. The summed E-state index contributed by atoms with van der Waals surface area (Å²) in [6.07, 6.45) is 3.42. The molecule has 26 heavy (non-hydrogen) atoms. The lowest BCUT2D eigenvalue weighted by atomic mass is 9.98. The van der Waals surface area contributed by atoms with E-state index in [9.17, 15) is 0 Å². The highest BCUT2D eigenvalue weighted by molar-refractivity contribution is 6.18. The highest BCUT2D eigenvalue weighted by Crippen LogP contribution is 2.48. The highest BCUT2D eigenvalue weighted by atomic mass is 16.3. The van der Waals surface area contributed by atoms with E-state index in [2.05, 4.69) is 30.3 Å².